The van der Waals surface area contributed by atoms with E-state index in [1.165, 1.54) is 0 Å². The van der Waals surface area contributed by atoms with E-state index < -0.39 is 0 Å². The van der Waals surface area contributed by atoms with Crippen LogP contribution in [0, 0.1) is 0 Å². The molecular weight excluding hydrogens is 370 g/mol. The van der Waals surface area contributed by atoms with Crippen LogP contribution >= 0.6 is 0 Å². The number of morpholine rings is 1. The maximum Gasteiger partial charge on any atom is 0.329 e. The minimum Gasteiger partial charge on any atom is -0.375 e. The van der Waals surface area contributed by atoms with Gasteiger partial charge < -0.3 is 14.5 Å². The standard InChI is InChI=1S/C20H25N7O2/c1-2-15-13-26(9-10-29-15)18-4-3-16-19(24-18)27(14-5-8-25(16)12-14)20(28)23-17-11-21-6-7-22-17/h3-4,6-7,11,14-15H,2,5,8-10,12-13H2,1H3,(H,22,23,28)/t14-,15?/m0/s1. The summed E-state index contributed by atoms with van der Waals surface area (Å²) < 4.78 is 5.80. The third-order valence-corrected chi connectivity index (χ3v) is 5.87. The van der Waals surface area contributed by atoms with Gasteiger partial charge in [-0.2, -0.15) is 0 Å². The Morgan fingerprint density at radius 1 is 1.24 bits per heavy atom. The number of amides is 2. The van der Waals surface area contributed by atoms with Gasteiger partial charge in [0.15, 0.2) is 11.6 Å². The molecule has 152 valence electrons. The number of urea groups is 1. The fourth-order valence-corrected chi connectivity index (χ4v) is 4.35. The van der Waals surface area contributed by atoms with E-state index in [2.05, 4.69) is 44.1 Å². The maximum atomic E-state index is 13.2. The van der Waals surface area contributed by atoms with Crippen LogP contribution in [0.3, 0.4) is 0 Å². The van der Waals surface area contributed by atoms with Crippen molar-refractivity contribution in [3.63, 3.8) is 0 Å². The first-order chi connectivity index (χ1) is 14.2. The molecule has 5 rings (SSSR count). The van der Waals surface area contributed by atoms with Gasteiger partial charge in [0.2, 0.25) is 0 Å². The van der Waals surface area contributed by atoms with Gasteiger partial charge >= 0.3 is 6.03 Å². The van der Waals surface area contributed by atoms with Gasteiger partial charge in [0.25, 0.3) is 0 Å². The molecule has 9 heteroatoms. The summed E-state index contributed by atoms with van der Waals surface area (Å²) in [6.45, 7) is 6.23. The molecule has 2 bridgehead atoms. The second-order valence-electron chi connectivity index (χ2n) is 7.64. The first-order valence-corrected chi connectivity index (χ1v) is 10.2. The smallest absolute Gasteiger partial charge is 0.329 e. The minimum atomic E-state index is -0.212. The normalized spacial score (nSPS) is 23.1. The lowest BCUT2D eigenvalue weighted by molar-refractivity contribution is 0.0382. The molecule has 3 aliphatic heterocycles. The van der Waals surface area contributed by atoms with E-state index in [-0.39, 0.29) is 18.2 Å². The zero-order valence-electron chi connectivity index (χ0n) is 16.5. The molecule has 0 aromatic carbocycles. The van der Waals surface area contributed by atoms with Crippen LogP contribution in [0.5, 0.6) is 0 Å². The molecule has 1 N–H and O–H groups in total. The Labute approximate surface area is 169 Å². The van der Waals surface area contributed by atoms with Crippen LogP contribution in [0.1, 0.15) is 19.8 Å². The lowest BCUT2D eigenvalue weighted by Crippen LogP contribution is -2.49. The van der Waals surface area contributed by atoms with Gasteiger partial charge in [0.05, 0.1) is 30.6 Å². The highest BCUT2D eigenvalue weighted by Crippen LogP contribution is 2.40. The van der Waals surface area contributed by atoms with E-state index in [0.29, 0.717) is 12.4 Å². The van der Waals surface area contributed by atoms with Gasteiger partial charge in [-0.25, -0.2) is 14.8 Å². The van der Waals surface area contributed by atoms with Crippen molar-refractivity contribution in [1.29, 1.82) is 0 Å². The largest absolute Gasteiger partial charge is 0.375 e. The molecule has 2 fully saturated rings. The summed E-state index contributed by atoms with van der Waals surface area (Å²) in [6.07, 6.45) is 6.82. The number of hydrogen-bond donors (Lipinski definition) is 1. The van der Waals surface area contributed by atoms with Gasteiger partial charge in [0, 0.05) is 38.6 Å². The number of nitrogens with one attached hydrogen (secondary N) is 1. The summed E-state index contributed by atoms with van der Waals surface area (Å²) in [5.41, 5.74) is 1.01. The van der Waals surface area contributed by atoms with Gasteiger partial charge in [-0.15, -0.1) is 0 Å². The summed E-state index contributed by atoms with van der Waals surface area (Å²) in [6, 6.07) is 4.05. The number of carbonyl (C=O) groups excluding carboxylic acids is 1. The number of rotatable bonds is 3. The number of fused-ring (bicyclic) bond motifs is 4. The summed E-state index contributed by atoms with van der Waals surface area (Å²) in [7, 11) is 0. The third-order valence-electron chi connectivity index (χ3n) is 5.87. The molecule has 0 saturated carbocycles. The van der Waals surface area contributed by atoms with Crippen molar-refractivity contribution >= 4 is 29.2 Å². The Hall–Kier alpha value is -2.94. The van der Waals surface area contributed by atoms with Crippen molar-refractivity contribution in [2.45, 2.75) is 31.9 Å². The van der Waals surface area contributed by atoms with E-state index >= 15 is 0 Å². The van der Waals surface area contributed by atoms with Crippen LogP contribution in [0.2, 0.25) is 0 Å². The van der Waals surface area contributed by atoms with Crippen LogP contribution in [0.25, 0.3) is 0 Å². The van der Waals surface area contributed by atoms with Crippen LogP contribution in [-0.2, 0) is 4.74 Å². The van der Waals surface area contributed by atoms with Crippen LogP contribution in [0.4, 0.5) is 27.9 Å². The number of ether oxygens (including phenoxy) is 1. The highest BCUT2D eigenvalue weighted by atomic mass is 16.5. The van der Waals surface area contributed by atoms with Gasteiger partial charge in [-0.05, 0) is 25.0 Å². The summed E-state index contributed by atoms with van der Waals surface area (Å²) in [4.78, 5) is 32.7. The number of pyridine rings is 1. The number of carbonyl (C=O) groups is 1. The molecule has 5 heterocycles. The predicted molar refractivity (Wildman–Crippen MR) is 111 cm³/mol. The van der Waals surface area contributed by atoms with E-state index in [9.17, 15) is 4.79 Å². The summed E-state index contributed by atoms with van der Waals surface area (Å²) in [5.74, 6) is 2.05. The highest BCUT2D eigenvalue weighted by molar-refractivity contribution is 6.04. The van der Waals surface area contributed by atoms with Crippen molar-refractivity contribution in [3.8, 4) is 0 Å². The molecular formula is C20H25N7O2. The second-order valence-corrected chi connectivity index (χ2v) is 7.64. The number of nitrogens with zero attached hydrogens (tertiary/aromatic N) is 6. The Morgan fingerprint density at radius 3 is 3.00 bits per heavy atom. The average Bonchev–Trinajstić information content (AvgIpc) is 3.18. The highest BCUT2D eigenvalue weighted by Gasteiger charge is 2.40. The Balaban J connectivity index is 1.46. The van der Waals surface area contributed by atoms with Crippen molar-refractivity contribution in [2.75, 3.05) is 52.8 Å². The van der Waals surface area contributed by atoms with Gasteiger partial charge in [-0.1, -0.05) is 6.92 Å². The van der Waals surface area contributed by atoms with Crippen molar-refractivity contribution < 1.29 is 9.53 Å². The fourth-order valence-electron chi connectivity index (χ4n) is 4.35. The average molecular weight is 395 g/mol. The maximum absolute atomic E-state index is 13.2. The molecule has 2 atom stereocenters. The van der Waals surface area contributed by atoms with Crippen LogP contribution < -0.4 is 20.0 Å². The Bertz CT molecular complexity index is 894. The molecule has 0 aliphatic carbocycles. The lowest BCUT2D eigenvalue weighted by Gasteiger charge is -2.38. The van der Waals surface area contributed by atoms with Gasteiger partial charge in [0.1, 0.15) is 5.82 Å². The van der Waals surface area contributed by atoms with Crippen LogP contribution in [0.15, 0.2) is 30.7 Å². The molecule has 29 heavy (non-hydrogen) atoms. The molecule has 0 spiro atoms. The molecule has 2 saturated heterocycles. The number of anilines is 4. The molecule has 9 nitrogen and oxygen atoms in total. The van der Waals surface area contributed by atoms with E-state index in [1.54, 1.807) is 23.5 Å². The van der Waals surface area contributed by atoms with Gasteiger partial charge in [-0.3, -0.25) is 15.2 Å². The molecule has 2 aromatic rings. The zero-order valence-corrected chi connectivity index (χ0v) is 16.5. The monoisotopic (exact) mass is 395 g/mol. The third kappa shape index (κ3) is 3.35. The zero-order chi connectivity index (χ0) is 19.8. The SMILES string of the molecule is CCC1CN(c2ccc3c(n2)N(C(=O)Nc2cnccn2)[C@H]2CCN3C2)CCO1. The van der Waals surface area contributed by atoms with Crippen molar-refractivity contribution in [2.24, 2.45) is 0 Å². The first kappa shape index (κ1) is 18.1. The first-order valence-electron chi connectivity index (χ1n) is 10.2. The molecule has 2 amide bonds. The second kappa shape index (κ2) is 7.47. The Morgan fingerprint density at radius 2 is 2.17 bits per heavy atom. The van der Waals surface area contributed by atoms with Crippen molar-refractivity contribution in [3.05, 3.63) is 30.7 Å². The predicted octanol–water partition coefficient (Wildman–Crippen LogP) is 2.12. The molecule has 3 aliphatic rings. The number of hydrogen-bond acceptors (Lipinski definition) is 7. The number of aromatic nitrogens is 3. The molecule has 2 aromatic heterocycles. The quantitative estimate of drug-likeness (QED) is 0.852. The van der Waals surface area contributed by atoms with Crippen LogP contribution in [-0.4, -0.2) is 65.9 Å². The summed E-state index contributed by atoms with van der Waals surface area (Å²) in [5, 5.41) is 2.87. The molecule has 1 unspecified atom stereocenters. The lowest BCUT2D eigenvalue weighted by atomic mass is 10.1. The molecule has 0 radical (unpaired) electrons. The van der Waals surface area contributed by atoms with E-state index in [4.69, 9.17) is 9.72 Å². The topological polar surface area (TPSA) is 86.7 Å². The van der Waals surface area contributed by atoms with Crippen molar-refractivity contribution in [1.82, 2.24) is 15.0 Å². The Kier molecular flexibility index (Phi) is 4.67. The van der Waals surface area contributed by atoms with E-state index in [0.717, 1.165) is 56.3 Å². The summed E-state index contributed by atoms with van der Waals surface area (Å²) >= 11 is 0. The van der Waals surface area contributed by atoms with E-state index in [1.807, 2.05) is 0 Å². The fraction of sp³-hybridized carbons (Fsp3) is 0.500. The minimum absolute atomic E-state index is 0.106.